The molecule has 3 aromatic rings. The fraction of sp³-hybridized carbons (Fsp3) is 0. The summed E-state index contributed by atoms with van der Waals surface area (Å²) in [4.78, 5) is 13.3. The minimum atomic E-state index is 0. The number of halogens is 2. The summed E-state index contributed by atoms with van der Waals surface area (Å²) in [6, 6.07) is 25.4. The summed E-state index contributed by atoms with van der Waals surface area (Å²) in [6.45, 7) is 0. The number of hydrogen-bond donors (Lipinski definition) is 0. The van der Waals surface area contributed by atoms with Crippen LogP contribution in [0.25, 0.3) is 0 Å². The third-order valence-corrected chi connectivity index (χ3v) is 3.00. The molecule has 129 valence electrons. The van der Waals surface area contributed by atoms with Crippen molar-refractivity contribution in [2.75, 3.05) is 0 Å². The normalized spacial score (nSPS) is 9.92. The standard InChI is InChI=1S/C19H15N3.2ClH.Co/c1-3-8-16(9-4-1)20-14-18-12-7-13-19(22-18)15-21-17-10-5-2-6-11-17;;;/h1-15H;2*1H;/q;;;+2/p-2. The maximum Gasteiger partial charge on any atom is 2.00 e. The van der Waals surface area contributed by atoms with Gasteiger partial charge in [0.2, 0.25) is 0 Å². The van der Waals surface area contributed by atoms with Gasteiger partial charge in [-0.25, -0.2) is 4.98 Å². The topological polar surface area (TPSA) is 37.6 Å². The Labute approximate surface area is 170 Å². The Morgan fingerprint density at radius 1 is 0.560 bits per heavy atom. The molecule has 6 heteroatoms. The first-order valence-corrected chi connectivity index (χ1v) is 7.05. The molecule has 0 saturated carbocycles. The predicted molar refractivity (Wildman–Crippen MR) is 91.6 cm³/mol. The number of para-hydroxylation sites is 2. The van der Waals surface area contributed by atoms with Crippen LogP contribution in [0.5, 0.6) is 0 Å². The number of hydrogen-bond acceptors (Lipinski definition) is 3. The van der Waals surface area contributed by atoms with Crippen molar-refractivity contribution < 1.29 is 41.6 Å². The van der Waals surface area contributed by atoms with Crippen molar-refractivity contribution in [3.63, 3.8) is 0 Å². The van der Waals surface area contributed by atoms with E-state index in [2.05, 4.69) is 15.0 Å². The van der Waals surface area contributed by atoms with Gasteiger partial charge in [0.1, 0.15) is 0 Å². The SMILES string of the molecule is C(=Nc1ccccc1)c1cccc(C=Nc2ccccc2)n1.[Cl-].[Cl-].[Co+2]. The molecule has 0 bridgehead atoms. The summed E-state index contributed by atoms with van der Waals surface area (Å²) < 4.78 is 0. The van der Waals surface area contributed by atoms with Crippen molar-refractivity contribution in [2.24, 2.45) is 9.98 Å². The second-order valence-electron chi connectivity index (χ2n) is 4.67. The molecular formula is C19H15Cl2CoN3. The van der Waals surface area contributed by atoms with Crippen molar-refractivity contribution in [1.29, 1.82) is 0 Å². The van der Waals surface area contributed by atoms with E-state index in [0.717, 1.165) is 22.8 Å². The summed E-state index contributed by atoms with van der Waals surface area (Å²) in [6.07, 6.45) is 3.52. The quantitative estimate of drug-likeness (QED) is 0.483. The van der Waals surface area contributed by atoms with Gasteiger partial charge in [0, 0.05) is 0 Å². The molecule has 0 spiro atoms. The van der Waals surface area contributed by atoms with Crippen LogP contribution in [0.15, 0.2) is 88.8 Å². The largest absolute Gasteiger partial charge is 2.00 e. The van der Waals surface area contributed by atoms with E-state index >= 15 is 0 Å². The number of benzene rings is 2. The van der Waals surface area contributed by atoms with E-state index in [4.69, 9.17) is 0 Å². The Morgan fingerprint density at radius 3 is 1.36 bits per heavy atom. The van der Waals surface area contributed by atoms with E-state index in [1.54, 1.807) is 12.4 Å². The number of pyridine rings is 1. The van der Waals surface area contributed by atoms with Gasteiger partial charge in [0.25, 0.3) is 0 Å². The van der Waals surface area contributed by atoms with Gasteiger partial charge in [-0.15, -0.1) is 0 Å². The van der Waals surface area contributed by atoms with E-state index in [1.165, 1.54) is 0 Å². The van der Waals surface area contributed by atoms with Crippen molar-refractivity contribution in [3.8, 4) is 0 Å². The van der Waals surface area contributed by atoms with Gasteiger partial charge < -0.3 is 24.8 Å². The Kier molecular flexibility index (Phi) is 11.4. The Hall–Kier alpha value is -1.98. The van der Waals surface area contributed by atoms with Crippen molar-refractivity contribution >= 4 is 23.8 Å². The summed E-state index contributed by atoms with van der Waals surface area (Å²) in [5.41, 5.74) is 3.43. The van der Waals surface area contributed by atoms with Crippen LogP contribution in [0, 0.1) is 0 Å². The van der Waals surface area contributed by atoms with E-state index in [-0.39, 0.29) is 41.6 Å². The van der Waals surface area contributed by atoms with Crippen LogP contribution in [-0.2, 0) is 16.8 Å². The molecule has 3 nitrogen and oxygen atoms in total. The molecule has 0 fully saturated rings. The van der Waals surface area contributed by atoms with Crippen molar-refractivity contribution in [3.05, 3.63) is 90.3 Å². The maximum atomic E-state index is 4.50. The first kappa shape index (κ1) is 23.0. The molecule has 0 N–H and O–H groups in total. The summed E-state index contributed by atoms with van der Waals surface area (Å²) in [7, 11) is 0. The van der Waals surface area contributed by atoms with Crippen LogP contribution < -0.4 is 24.8 Å². The van der Waals surface area contributed by atoms with Crippen molar-refractivity contribution in [2.45, 2.75) is 0 Å². The van der Waals surface area contributed by atoms with Crippen LogP contribution in [0.1, 0.15) is 11.4 Å². The van der Waals surface area contributed by atoms with Gasteiger partial charge in [0.05, 0.1) is 35.2 Å². The molecule has 0 aliphatic heterocycles. The predicted octanol–water partition coefficient (Wildman–Crippen LogP) is -1.41. The van der Waals surface area contributed by atoms with E-state index in [1.807, 2.05) is 78.9 Å². The molecule has 1 heterocycles. The van der Waals surface area contributed by atoms with E-state index in [0.29, 0.717) is 0 Å². The molecule has 0 aliphatic rings. The van der Waals surface area contributed by atoms with Crippen LogP contribution in [0.3, 0.4) is 0 Å². The molecule has 1 aromatic heterocycles. The minimum absolute atomic E-state index is 0. The zero-order valence-corrected chi connectivity index (χ0v) is 15.6. The molecular weight excluding hydrogens is 400 g/mol. The third kappa shape index (κ3) is 7.62. The average Bonchev–Trinajstić information content (AvgIpc) is 2.60. The maximum absolute atomic E-state index is 4.50. The number of aliphatic imine (C=N–C) groups is 2. The van der Waals surface area contributed by atoms with Crippen LogP contribution >= 0.6 is 0 Å². The summed E-state index contributed by atoms with van der Waals surface area (Å²) in [5, 5.41) is 0. The molecule has 0 saturated heterocycles. The Morgan fingerprint density at radius 2 is 0.960 bits per heavy atom. The fourth-order valence-corrected chi connectivity index (χ4v) is 1.92. The van der Waals surface area contributed by atoms with Gasteiger partial charge in [-0.05, 0) is 36.4 Å². The van der Waals surface area contributed by atoms with Gasteiger partial charge in [-0.2, -0.15) is 0 Å². The van der Waals surface area contributed by atoms with Crippen LogP contribution in [0.4, 0.5) is 11.4 Å². The zero-order chi connectivity index (χ0) is 15.0. The molecule has 2 aromatic carbocycles. The molecule has 25 heavy (non-hydrogen) atoms. The second-order valence-corrected chi connectivity index (χ2v) is 4.67. The summed E-state index contributed by atoms with van der Waals surface area (Å²) in [5.74, 6) is 0. The second kappa shape index (κ2) is 12.4. The van der Waals surface area contributed by atoms with Crippen LogP contribution in [0.2, 0.25) is 0 Å². The van der Waals surface area contributed by atoms with Crippen molar-refractivity contribution in [1.82, 2.24) is 4.98 Å². The Bertz CT molecular complexity index is 729. The molecule has 1 radical (unpaired) electrons. The zero-order valence-electron chi connectivity index (χ0n) is 13.1. The minimum Gasteiger partial charge on any atom is -1.00 e. The molecule has 3 rings (SSSR count). The third-order valence-electron chi connectivity index (χ3n) is 3.00. The number of nitrogens with zero attached hydrogens (tertiary/aromatic N) is 3. The number of rotatable bonds is 4. The Balaban J connectivity index is 0.00000192. The molecule has 0 atom stereocenters. The van der Waals surface area contributed by atoms with Gasteiger partial charge in [-0.3, -0.25) is 9.98 Å². The molecule has 0 unspecified atom stereocenters. The monoisotopic (exact) mass is 414 g/mol. The summed E-state index contributed by atoms with van der Waals surface area (Å²) >= 11 is 0. The van der Waals surface area contributed by atoms with Gasteiger partial charge in [-0.1, -0.05) is 42.5 Å². The van der Waals surface area contributed by atoms with E-state index < -0.39 is 0 Å². The van der Waals surface area contributed by atoms with Crippen LogP contribution in [-0.4, -0.2) is 17.4 Å². The van der Waals surface area contributed by atoms with E-state index in [9.17, 15) is 0 Å². The average molecular weight is 415 g/mol. The fourth-order valence-electron chi connectivity index (χ4n) is 1.92. The van der Waals surface area contributed by atoms with Gasteiger partial charge >= 0.3 is 16.8 Å². The van der Waals surface area contributed by atoms with Gasteiger partial charge in [0.15, 0.2) is 0 Å². The number of aromatic nitrogens is 1. The first-order chi connectivity index (χ1) is 10.9. The molecule has 0 aliphatic carbocycles. The first-order valence-electron chi connectivity index (χ1n) is 7.05. The smallest absolute Gasteiger partial charge is 1.00 e. The molecule has 0 amide bonds.